The molecule has 1 aromatic heterocycles. The van der Waals surface area contributed by atoms with Gasteiger partial charge < -0.3 is 19.7 Å². The van der Waals surface area contributed by atoms with Crippen LogP contribution in [0, 0.1) is 0 Å². The van der Waals surface area contributed by atoms with Gasteiger partial charge in [-0.15, -0.1) is 0 Å². The van der Waals surface area contributed by atoms with Crippen LogP contribution in [0.4, 0.5) is 0 Å². The molecular weight excluding hydrogens is 232 g/mol. The van der Waals surface area contributed by atoms with Crippen LogP contribution in [0.3, 0.4) is 0 Å². The first-order chi connectivity index (χ1) is 8.69. The molecule has 0 bridgehead atoms. The van der Waals surface area contributed by atoms with Gasteiger partial charge in [0.15, 0.2) is 0 Å². The molecule has 6 heteroatoms. The van der Waals surface area contributed by atoms with E-state index < -0.39 is 0 Å². The third-order valence-corrected chi connectivity index (χ3v) is 3.12. The van der Waals surface area contributed by atoms with E-state index in [9.17, 15) is 0 Å². The summed E-state index contributed by atoms with van der Waals surface area (Å²) in [5, 5.41) is 7.73. The van der Waals surface area contributed by atoms with E-state index in [-0.39, 0.29) is 6.10 Å². The summed E-state index contributed by atoms with van der Waals surface area (Å²) < 4.78 is 12.6. The highest BCUT2D eigenvalue weighted by atomic mass is 16.5. The average molecular weight is 254 g/mol. The number of morpholine rings is 1. The Labute approximate surface area is 108 Å². The molecule has 1 N–H and O–H groups in total. The Morgan fingerprint density at radius 3 is 3.06 bits per heavy atom. The van der Waals surface area contributed by atoms with E-state index in [2.05, 4.69) is 22.4 Å². The first-order valence-corrected chi connectivity index (χ1v) is 6.27. The van der Waals surface area contributed by atoms with E-state index in [0.717, 1.165) is 44.4 Å². The molecule has 1 atom stereocenters. The minimum absolute atomic E-state index is 0.273. The fourth-order valence-electron chi connectivity index (χ4n) is 2.14. The molecule has 1 aliphatic rings. The summed E-state index contributed by atoms with van der Waals surface area (Å²) in [6.07, 6.45) is 0.273. The molecule has 1 unspecified atom stereocenters. The molecule has 0 aliphatic carbocycles. The maximum Gasteiger partial charge on any atom is 0.211 e. The predicted molar refractivity (Wildman–Crippen MR) is 68.7 cm³/mol. The van der Waals surface area contributed by atoms with Crippen LogP contribution >= 0.6 is 0 Å². The smallest absolute Gasteiger partial charge is 0.211 e. The zero-order chi connectivity index (χ0) is 13.0. The maximum absolute atomic E-state index is 5.68. The van der Waals surface area contributed by atoms with Crippen molar-refractivity contribution in [1.82, 2.24) is 20.0 Å². The molecule has 1 aromatic rings. The number of hydrogen-bond acceptors (Lipinski definition) is 5. The topological polar surface area (TPSA) is 51.6 Å². The first-order valence-electron chi connectivity index (χ1n) is 6.27. The van der Waals surface area contributed by atoms with E-state index in [0.29, 0.717) is 0 Å². The summed E-state index contributed by atoms with van der Waals surface area (Å²) in [7, 11) is 5.65. The highest BCUT2D eigenvalue weighted by molar-refractivity contribution is 5.15. The molecule has 102 valence electrons. The number of nitrogens with one attached hydrogen (secondary N) is 1. The highest BCUT2D eigenvalue weighted by Crippen LogP contribution is 2.10. The van der Waals surface area contributed by atoms with Crippen molar-refractivity contribution in [1.29, 1.82) is 0 Å². The van der Waals surface area contributed by atoms with Gasteiger partial charge >= 0.3 is 0 Å². The summed E-state index contributed by atoms with van der Waals surface area (Å²) in [6.45, 7) is 4.41. The molecule has 0 amide bonds. The molecule has 0 saturated carbocycles. The van der Waals surface area contributed by atoms with Crippen molar-refractivity contribution in [2.75, 3.05) is 40.4 Å². The van der Waals surface area contributed by atoms with Crippen molar-refractivity contribution in [2.24, 2.45) is 7.05 Å². The molecule has 6 nitrogen and oxygen atoms in total. The van der Waals surface area contributed by atoms with Crippen molar-refractivity contribution in [3.63, 3.8) is 0 Å². The molecule has 0 radical (unpaired) electrons. The third kappa shape index (κ3) is 3.44. The Kier molecular flexibility index (Phi) is 4.57. The summed E-state index contributed by atoms with van der Waals surface area (Å²) in [5.41, 5.74) is 0.985. The van der Waals surface area contributed by atoms with E-state index >= 15 is 0 Å². The molecule has 0 spiro atoms. The molecule has 2 heterocycles. The Morgan fingerprint density at radius 1 is 1.56 bits per heavy atom. The lowest BCUT2D eigenvalue weighted by Gasteiger charge is -2.30. The zero-order valence-electron chi connectivity index (χ0n) is 11.3. The summed E-state index contributed by atoms with van der Waals surface area (Å²) in [5.74, 6) is 0.778. The van der Waals surface area contributed by atoms with Crippen LogP contribution in [0.2, 0.25) is 0 Å². The minimum Gasteiger partial charge on any atom is -0.481 e. The third-order valence-electron chi connectivity index (χ3n) is 3.12. The van der Waals surface area contributed by atoms with E-state index in [1.807, 2.05) is 13.1 Å². The van der Waals surface area contributed by atoms with Gasteiger partial charge in [-0.25, -0.2) is 4.68 Å². The number of nitrogens with zero attached hydrogens (tertiary/aromatic N) is 3. The molecule has 1 fully saturated rings. The maximum atomic E-state index is 5.68. The number of rotatable bonds is 5. The van der Waals surface area contributed by atoms with Gasteiger partial charge in [0.1, 0.15) is 0 Å². The van der Waals surface area contributed by atoms with Crippen LogP contribution in [0.1, 0.15) is 5.69 Å². The van der Waals surface area contributed by atoms with Gasteiger partial charge in [-0.2, -0.15) is 5.10 Å². The highest BCUT2D eigenvalue weighted by Gasteiger charge is 2.17. The minimum atomic E-state index is 0.273. The van der Waals surface area contributed by atoms with Gasteiger partial charge in [-0.1, -0.05) is 0 Å². The molecule has 18 heavy (non-hydrogen) atoms. The Balaban J connectivity index is 1.74. The second-order valence-corrected chi connectivity index (χ2v) is 4.69. The quantitative estimate of drug-likeness (QED) is 0.792. The van der Waals surface area contributed by atoms with Gasteiger partial charge in [0.05, 0.1) is 25.5 Å². The van der Waals surface area contributed by atoms with Crippen LogP contribution in [-0.2, 0) is 18.3 Å². The van der Waals surface area contributed by atoms with Crippen molar-refractivity contribution < 1.29 is 9.47 Å². The van der Waals surface area contributed by atoms with Gasteiger partial charge in [0.25, 0.3) is 0 Å². The second-order valence-electron chi connectivity index (χ2n) is 4.69. The van der Waals surface area contributed by atoms with Gasteiger partial charge in [-0.3, -0.25) is 0 Å². The largest absolute Gasteiger partial charge is 0.481 e. The van der Waals surface area contributed by atoms with Crippen LogP contribution in [0.5, 0.6) is 5.88 Å². The second kappa shape index (κ2) is 6.17. The van der Waals surface area contributed by atoms with E-state index in [1.165, 1.54) is 0 Å². The fraction of sp³-hybridized carbons (Fsp3) is 0.750. The van der Waals surface area contributed by atoms with Gasteiger partial charge in [-0.05, 0) is 7.05 Å². The molecule has 1 aliphatic heterocycles. The molecule has 2 rings (SSSR count). The number of methoxy groups -OCH3 is 1. The Bertz CT molecular complexity index is 380. The number of ether oxygens (including phenoxy) is 2. The van der Waals surface area contributed by atoms with E-state index in [1.54, 1.807) is 11.8 Å². The van der Waals surface area contributed by atoms with Crippen molar-refractivity contribution in [3.8, 4) is 5.88 Å². The normalized spacial score (nSPS) is 21.2. The van der Waals surface area contributed by atoms with Gasteiger partial charge in [0, 0.05) is 39.3 Å². The standard InChI is InChI=1S/C12H22N4O2/c1-15-4-5-18-11(9-15)8-13-7-10-6-12(17-3)16(2)14-10/h6,11,13H,4-5,7-9H2,1-3H3. The predicted octanol–water partition coefficient (Wildman–Crippen LogP) is -0.151. The first kappa shape index (κ1) is 13.3. The Hall–Kier alpha value is -1.11. The van der Waals surface area contributed by atoms with Crippen LogP contribution < -0.4 is 10.1 Å². The number of hydrogen-bond donors (Lipinski definition) is 1. The van der Waals surface area contributed by atoms with Crippen LogP contribution in [0.25, 0.3) is 0 Å². The fourth-order valence-corrected chi connectivity index (χ4v) is 2.14. The van der Waals surface area contributed by atoms with Crippen molar-refractivity contribution in [2.45, 2.75) is 12.6 Å². The molecule has 0 aromatic carbocycles. The summed E-state index contributed by atoms with van der Waals surface area (Å²) >= 11 is 0. The summed E-state index contributed by atoms with van der Waals surface area (Å²) in [4.78, 5) is 2.29. The average Bonchev–Trinajstić information content (AvgIpc) is 2.70. The van der Waals surface area contributed by atoms with E-state index in [4.69, 9.17) is 9.47 Å². The zero-order valence-corrected chi connectivity index (χ0v) is 11.3. The van der Waals surface area contributed by atoms with Gasteiger partial charge in [0.2, 0.25) is 5.88 Å². The number of aromatic nitrogens is 2. The lowest BCUT2D eigenvalue weighted by molar-refractivity contribution is -0.0182. The Morgan fingerprint density at radius 2 is 2.39 bits per heavy atom. The lowest BCUT2D eigenvalue weighted by atomic mass is 10.3. The number of aryl methyl sites for hydroxylation is 1. The lowest BCUT2D eigenvalue weighted by Crippen LogP contribution is -2.44. The van der Waals surface area contributed by atoms with Crippen LogP contribution in [0.15, 0.2) is 6.07 Å². The van der Waals surface area contributed by atoms with Crippen molar-refractivity contribution in [3.05, 3.63) is 11.8 Å². The number of likely N-dealkylation sites (N-methyl/N-ethyl adjacent to an activating group) is 1. The SMILES string of the molecule is COc1cc(CNCC2CN(C)CCO2)nn1C. The monoisotopic (exact) mass is 254 g/mol. The molecule has 1 saturated heterocycles. The summed E-state index contributed by atoms with van der Waals surface area (Å²) in [6, 6.07) is 1.95. The van der Waals surface area contributed by atoms with Crippen LogP contribution in [-0.4, -0.2) is 61.2 Å². The molecular formula is C12H22N4O2. The van der Waals surface area contributed by atoms with Crippen molar-refractivity contribution >= 4 is 0 Å².